The number of benzene rings is 2. The smallest absolute Gasteiger partial charge is 0.335 e. The van der Waals surface area contributed by atoms with E-state index < -0.39 is 5.97 Å². The summed E-state index contributed by atoms with van der Waals surface area (Å²) in [6.45, 7) is 6.47. The lowest BCUT2D eigenvalue weighted by molar-refractivity contribution is 0.0696. The fourth-order valence-electron chi connectivity index (χ4n) is 2.17. The molecule has 0 bridgehead atoms. The van der Waals surface area contributed by atoms with Crippen molar-refractivity contribution < 1.29 is 14.6 Å². The molecule has 0 spiro atoms. The first-order valence-electron chi connectivity index (χ1n) is 6.51. The van der Waals surface area contributed by atoms with Gasteiger partial charge in [0.05, 0.1) is 5.56 Å². The van der Waals surface area contributed by atoms with Crippen LogP contribution in [0.25, 0.3) is 0 Å². The Balaban J connectivity index is 2.17. The van der Waals surface area contributed by atoms with Crippen molar-refractivity contribution in [3.05, 3.63) is 64.2 Å². The van der Waals surface area contributed by atoms with Gasteiger partial charge in [0.1, 0.15) is 12.4 Å². The summed E-state index contributed by atoms with van der Waals surface area (Å²) in [5, 5.41) is 8.94. The van der Waals surface area contributed by atoms with Crippen molar-refractivity contribution in [1.29, 1.82) is 0 Å². The zero-order chi connectivity index (χ0) is 14.7. The van der Waals surface area contributed by atoms with Crippen LogP contribution >= 0.6 is 0 Å². The number of hydrogen-bond donors (Lipinski definition) is 1. The zero-order valence-corrected chi connectivity index (χ0v) is 11.9. The lowest BCUT2D eigenvalue weighted by Crippen LogP contribution is -2.03. The Morgan fingerprint density at radius 1 is 1.05 bits per heavy atom. The summed E-state index contributed by atoms with van der Waals surface area (Å²) < 4.78 is 5.83. The molecule has 0 saturated carbocycles. The van der Waals surface area contributed by atoms with Crippen molar-refractivity contribution in [2.24, 2.45) is 0 Å². The van der Waals surface area contributed by atoms with Crippen LogP contribution < -0.4 is 4.74 Å². The number of aromatic carboxylic acids is 1. The van der Waals surface area contributed by atoms with E-state index >= 15 is 0 Å². The van der Waals surface area contributed by atoms with Gasteiger partial charge in [-0.25, -0.2) is 4.79 Å². The number of carboxylic acids is 1. The predicted octanol–water partition coefficient (Wildman–Crippen LogP) is 3.89. The molecule has 0 radical (unpaired) electrons. The third kappa shape index (κ3) is 2.99. The topological polar surface area (TPSA) is 46.5 Å². The third-order valence-electron chi connectivity index (χ3n) is 3.44. The number of rotatable bonds is 4. The molecule has 3 heteroatoms. The maximum Gasteiger partial charge on any atom is 0.335 e. The molecule has 0 aliphatic carbocycles. The molecule has 0 unspecified atom stereocenters. The summed E-state index contributed by atoms with van der Waals surface area (Å²) in [6.07, 6.45) is 0. The van der Waals surface area contributed by atoms with E-state index in [9.17, 15) is 4.79 Å². The van der Waals surface area contributed by atoms with Crippen molar-refractivity contribution in [3.63, 3.8) is 0 Å². The first kappa shape index (κ1) is 14.1. The van der Waals surface area contributed by atoms with Crippen molar-refractivity contribution >= 4 is 5.97 Å². The molecule has 2 aromatic carbocycles. The summed E-state index contributed by atoms with van der Waals surface area (Å²) in [7, 11) is 0. The van der Waals surface area contributed by atoms with Crippen LogP contribution in [0.5, 0.6) is 5.75 Å². The van der Waals surface area contributed by atoms with Crippen LogP contribution in [0, 0.1) is 20.8 Å². The third-order valence-corrected chi connectivity index (χ3v) is 3.44. The summed E-state index contributed by atoms with van der Waals surface area (Å²) in [6, 6.07) is 11.1. The molecule has 0 saturated heterocycles. The summed E-state index contributed by atoms with van der Waals surface area (Å²) in [5.74, 6) is -0.202. The molecule has 3 nitrogen and oxygen atoms in total. The van der Waals surface area contributed by atoms with E-state index in [0.29, 0.717) is 6.61 Å². The van der Waals surface area contributed by atoms with Crippen LogP contribution in [0.3, 0.4) is 0 Å². The van der Waals surface area contributed by atoms with Crippen molar-refractivity contribution in [2.45, 2.75) is 27.4 Å². The van der Waals surface area contributed by atoms with Crippen molar-refractivity contribution in [3.8, 4) is 5.75 Å². The van der Waals surface area contributed by atoms with Gasteiger partial charge in [-0.2, -0.15) is 0 Å². The van der Waals surface area contributed by atoms with Gasteiger partial charge < -0.3 is 9.84 Å². The number of ether oxygens (including phenoxy) is 1. The molecule has 20 heavy (non-hydrogen) atoms. The van der Waals surface area contributed by atoms with Gasteiger partial charge in [-0.05, 0) is 61.2 Å². The van der Waals surface area contributed by atoms with Gasteiger partial charge in [0.15, 0.2) is 0 Å². The quantitative estimate of drug-likeness (QED) is 0.916. The highest BCUT2D eigenvalue weighted by Gasteiger charge is 2.08. The number of carboxylic acid groups (broad SMARTS) is 1. The van der Waals surface area contributed by atoms with Gasteiger partial charge in [-0.3, -0.25) is 0 Å². The van der Waals surface area contributed by atoms with Crippen LogP contribution in [-0.4, -0.2) is 11.1 Å². The van der Waals surface area contributed by atoms with Crippen LogP contribution in [0.1, 0.15) is 32.6 Å². The monoisotopic (exact) mass is 270 g/mol. The second-order valence-electron chi connectivity index (χ2n) is 4.94. The highest BCUT2D eigenvalue weighted by atomic mass is 16.5. The van der Waals surface area contributed by atoms with Gasteiger partial charge in [0.25, 0.3) is 0 Å². The number of carbonyl (C=O) groups is 1. The Kier molecular flexibility index (Phi) is 4.08. The Morgan fingerprint density at radius 3 is 2.25 bits per heavy atom. The molecule has 0 atom stereocenters. The average Bonchev–Trinajstić information content (AvgIpc) is 2.39. The van der Waals surface area contributed by atoms with E-state index in [1.54, 1.807) is 18.2 Å². The maximum atomic E-state index is 10.9. The predicted molar refractivity (Wildman–Crippen MR) is 78.4 cm³/mol. The van der Waals surface area contributed by atoms with E-state index in [2.05, 4.69) is 26.0 Å². The van der Waals surface area contributed by atoms with Crippen LogP contribution in [0.15, 0.2) is 36.4 Å². The fraction of sp³-hybridized carbons (Fsp3) is 0.235. The molecular weight excluding hydrogens is 252 g/mol. The summed E-state index contributed by atoms with van der Waals surface area (Å²) in [5.41, 5.74) is 4.68. The van der Waals surface area contributed by atoms with Crippen LogP contribution in [0.2, 0.25) is 0 Å². The summed E-state index contributed by atoms with van der Waals surface area (Å²) in [4.78, 5) is 10.9. The van der Waals surface area contributed by atoms with Gasteiger partial charge in [-0.15, -0.1) is 0 Å². The molecule has 104 valence electrons. The SMILES string of the molecule is Cc1cc(C(=O)O)ccc1OCc1c(C)cccc1C. The molecule has 1 N–H and O–H groups in total. The van der Waals surface area contributed by atoms with Gasteiger partial charge in [0, 0.05) is 0 Å². The average molecular weight is 270 g/mol. The molecular formula is C17H18O3. The van der Waals surface area contributed by atoms with E-state index in [1.165, 1.54) is 16.7 Å². The molecule has 0 heterocycles. The van der Waals surface area contributed by atoms with Crippen LogP contribution in [-0.2, 0) is 6.61 Å². The van der Waals surface area contributed by atoms with E-state index in [4.69, 9.17) is 9.84 Å². The summed E-state index contributed by atoms with van der Waals surface area (Å²) >= 11 is 0. The minimum absolute atomic E-state index is 0.280. The molecule has 0 amide bonds. The Bertz CT molecular complexity index is 624. The second-order valence-corrected chi connectivity index (χ2v) is 4.94. The Labute approximate surface area is 118 Å². The van der Waals surface area contributed by atoms with Crippen molar-refractivity contribution in [1.82, 2.24) is 0 Å². The van der Waals surface area contributed by atoms with E-state index in [1.807, 2.05) is 13.0 Å². The molecule has 0 aliphatic heterocycles. The minimum Gasteiger partial charge on any atom is -0.489 e. The van der Waals surface area contributed by atoms with Gasteiger partial charge in [-0.1, -0.05) is 18.2 Å². The van der Waals surface area contributed by atoms with E-state index in [0.717, 1.165) is 11.3 Å². The highest BCUT2D eigenvalue weighted by Crippen LogP contribution is 2.22. The lowest BCUT2D eigenvalue weighted by atomic mass is 10.0. The van der Waals surface area contributed by atoms with Crippen molar-refractivity contribution in [2.75, 3.05) is 0 Å². The second kappa shape index (κ2) is 5.78. The number of aryl methyl sites for hydroxylation is 3. The largest absolute Gasteiger partial charge is 0.489 e. The lowest BCUT2D eigenvalue weighted by Gasteiger charge is -2.13. The molecule has 0 aromatic heterocycles. The first-order valence-corrected chi connectivity index (χ1v) is 6.51. The normalized spacial score (nSPS) is 10.3. The van der Waals surface area contributed by atoms with Gasteiger partial charge >= 0.3 is 5.97 Å². The van der Waals surface area contributed by atoms with E-state index in [-0.39, 0.29) is 5.56 Å². The van der Waals surface area contributed by atoms with Crippen LogP contribution in [0.4, 0.5) is 0 Å². The fourth-order valence-corrected chi connectivity index (χ4v) is 2.17. The minimum atomic E-state index is -0.922. The highest BCUT2D eigenvalue weighted by molar-refractivity contribution is 5.88. The molecule has 0 fully saturated rings. The Hall–Kier alpha value is -2.29. The first-order chi connectivity index (χ1) is 9.49. The molecule has 0 aliphatic rings. The molecule has 2 aromatic rings. The molecule has 2 rings (SSSR count). The van der Waals surface area contributed by atoms with Gasteiger partial charge in [0.2, 0.25) is 0 Å². The number of hydrogen-bond acceptors (Lipinski definition) is 2. The standard InChI is InChI=1S/C17H18O3/c1-11-5-4-6-12(2)15(11)10-20-16-8-7-14(17(18)19)9-13(16)3/h4-9H,10H2,1-3H3,(H,18,19). The zero-order valence-electron chi connectivity index (χ0n) is 11.9. The maximum absolute atomic E-state index is 10.9. The Morgan fingerprint density at radius 2 is 1.70 bits per heavy atom.